The van der Waals surface area contributed by atoms with E-state index in [2.05, 4.69) is 11.6 Å². The normalized spacial score (nSPS) is 18.8. The average Bonchev–Trinajstić information content (AvgIpc) is 1.83. The second-order valence-corrected chi connectivity index (χ2v) is 5.20. The fraction of sp³-hybridized carbons (Fsp3) is 0.833. The summed E-state index contributed by atoms with van der Waals surface area (Å²) < 4.78 is 36.9. The Balaban J connectivity index is 4.27. The summed E-state index contributed by atoms with van der Waals surface area (Å²) in [6, 6.07) is 1.72. The smallest absolute Gasteiger partial charge is 0.218 e. The molecule has 0 aliphatic carbocycles. The Kier molecular flexibility index (Phi) is 5.12. The quantitative estimate of drug-likeness (QED) is 0.561. The van der Waals surface area contributed by atoms with Crippen molar-refractivity contribution in [1.29, 1.82) is 5.26 Å². The van der Waals surface area contributed by atoms with Crippen LogP contribution < -0.4 is 0 Å². The monoisotopic (exact) mass is 345 g/mol. The lowest BCUT2D eigenvalue weighted by Gasteiger charge is -2.23. The predicted octanol–water partition coefficient (Wildman–Crippen LogP) is 3.83. The number of halogens is 6. The van der Waals surface area contributed by atoms with Gasteiger partial charge in [0, 0.05) is 16.8 Å². The molecule has 2 atom stereocenters. The molecule has 0 heterocycles. The molecule has 0 fully saturated rings. The topological polar surface area (TPSA) is 23.8 Å². The van der Waals surface area contributed by atoms with E-state index in [0.29, 0.717) is 0 Å². The standard InChI is InChI=1S/C6H5Cl2F3IN/c7-5(9,6(8,10)11)3-4(12)1-2-13/h4H,1,3H2. The third kappa shape index (κ3) is 4.56. The molecule has 13 heavy (non-hydrogen) atoms. The minimum atomic E-state index is -4.12. The van der Waals surface area contributed by atoms with Gasteiger partial charge in [-0.3, -0.25) is 0 Å². The minimum absolute atomic E-state index is 0.0497. The van der Waals surface area contributed by atoms with Crippen LogP contribution >= 0.6 is 45.8 Å². The summed E-state index contributed by atoms with van der Waals surface area (Å²) in [6.07, 6.45) is -0.717. The molecule has 0 aromatic carbocycles. The van der Waals surface area contributed by atoms with Crippen molar-refractivity contribution in [2.45, 2.75) is 27.3 Å². The van der Waals surface area contributed by atoms with Crippen molar-refractivity contribution in [2.24, 2.45) is 0 Å². The Morgan fingerprint density at radius 2 is 1.85 bits per heavy atom. The first-order valence-electron chi connectivity index (χ1n) is 3.16. The van der Waals surface area contributed by atoms with Gasteiger partial charge in [0.25, 0.3) is 5.13 Å². The zero-order valence-corrected chi connectivity index (χ0v) is 9.88. The molecule has 7 heteroatoms. The van der Waals surface area contributed by atoms with Crippen molar-refractivity contribution in [3.8, 4) is 6.07 Å². The van der Waals surface area contributed by atoms with Gasteiger partial charge in [-0.1, -0.05) is 34.2 Å². The van der Waals surface area contributed by atoms with Gasteiger partial charge in [0.15, 0.2) is 0 Å². The van der Waals surface area contributed by atoms with E-state index in [1.807, 2.05) is 0 Å². The first-order valence-corrected chi connectivity index (χ1v) is 5.16. The van der Waals surface area contributed by atoms with E-state index in [-0.39, 0.29) is 6.42 Å². The number of hydrogen-bond donors (Lipinski definition) is 0. The highest BCUT2D eigenvalue weighted by Crippen LogP contribution is 2.44. The molecule has 0 bridgehead atoms. The van der Waals surface area contributed by atoms with E-state index in [1.165, 1.54) is 0 Å². The highest BCUT2D eigenvalue weighted by molar-refractivity contribution is 14.1. The van der Waals surface area contributed by atoms with E-state index in [4.69, 9.17) is 16.9 Å². The van der Waals surface area contributed by atoms with Crippen molar-refractivity contribution >= 4 is 45.8 Å². The Morgan fingerprint density at radius 1 is 1.38 bits per heavy atom. The highest BCUT2D eigenvalue weighted by Gasteiger charge is 2.53. The molecule has 0 radical (unpaired) electrons. The summed E-state index contributed by atoms with van der Waals surface area (Å²) >= 11 is 11.0. The number of hydrogen-bond acceptors (Lipinski definition) is 1. The molecule has 0 amide bonds. The molecular weight excluding hydrogens is 341 g/mol. The third-order valence-electron chi connectivity index (χ3n) is 1.21. The van der Waals surface area contributed by atoms with Crippen LogP contribution in [0.3, 0.4) is 0 Å². The molecule has 0 saturated carbocycles. The van der Waals surface area contributed by atoms with Gasteiger partial charge in [0.2, 0.25) is 0 Å². The van der Waals surface area contributed by atoms with Gasteiger partial charge in [-0.25, -0.2) is 4.39 Å². The molecular formula is C6H5Cl2F3IN. The predicted molar refractivity (Wildman–Crippen MR) is 53.1 cm³/mol. The zero-order chi connectivity index (χ0) is 10.7. The first-order chi connectivity index (χ1) is 5.70. The largest absolute Gasteiger partial charge is 0.369 e. The molecule has 0 rings (SSSR count). The maximum atomic E-state index is 12.9. The molecule has 0 aromatic heterocycles. The summed E-state index contributed by atoms with van der Waals surface area (Å²) in [5.41, 5.74) is 0. The van der Waals surface area contributed by atoms with Crippen molar-refractivity contribution in [3.05, 3.63) is 0 Å². The molecule has 0 saturated heterocycles. The van der Waals surface area contributed by atoms with Crippen LogP contribution in [-0.2, 0) is 0 Å². The molecule has 0 aromatic rings. The molecule has 0 spiro atoms. The summed E-state index contributed by atoms with van der Waals surface area (Å²) in [4.78, 5) is 0. The van der Waals surface area contributed by atoms with Crippen molar-refractivity contribution in [1.82, 2.24) is 0 Å². The SMILES string of the molecule is N#CCC(I)CC(F)(Cl)C(F)(F)Cl. The van der Waals surface area contributed by atoms with Crippen LogP contribution in [0.1, 0.15) is 12.8 Å². The van der Waals surface area contributed by atoms with Gasteiger partial charge in [0.05, 0.1) is 6.07 Å². The Hall–Kier alpha value is 0.590. The van der Waals surface area contributed by atoms with Crippen LogP contribution in [0.15, 0.2) is 0 Å². The molecule has 1 nitrogen and oxygen atoms in total. The molecule has 76 valence electrons. The number of rotatable bonds is 4. The van der Waals surface area contributed by atoms with Crippen molar-refractivity contribution < 1.29 is 13.2 Å². The zero-order valence-electron chi connectivity index (χ0n) is 6.21. The summed E-state index contributed by atoms with van der Waals surface area (Å²) in [5, 5.41) is 0.783. The van der Waals surface area contributed by atoms with E-state index in [0.717, 1.165) is 0 Å². The van der Waals surface area contributed by atoms with Crippen LogP contribution in [-0.4, -0.2) is 14.4 Å². The Bertz CT molecular complexity index is 211. The average molecular weight is 346 g/mol. The molecule has 0 aliphatic heterocycles. The fourth-order valence-corrected chi connectivity index (χ4v) is 1.89. The van der Waals surface area contributed by atoms with Crippen molar-refractivity contribution in [3.63, 3.8) is 0 Å². The van der Waals surface area contributed by atoms with E-state index >= 15 is 0 Å². The summed E-state index contributed by atoms with van der Waals surface area (Å²) in [7, 11) is 0. The summed E-state index contributed by atoms with van der Waals surface area (Å²) in [5.74, 6) is 0. The van der Waals surface area contributed by atoms with Crippen LogP contribution in [0.25, 0.3) is 0 Å². The molecule has 2 unspecified atom stereocenters. The van der Waals surface area contributed by atoms with Gasteiger partial charge in [-0.05, 0) is 11.6 Å². The van der Waals surface area contributed by atoms with Gasteiger partial charge in [-0.2, -0.15) is 14.0 Å². The number of alkyl halides is 6. The van der Waals surface area contributed by atoms with Gasteiger partial charge in [0.1, 0.15) is 0 Å². The fourth-order valence-electron chi connectivity index (χ4n) is 0.565. The lowest BCUT2D eigenvalue weighted by atomic mass is 10.2. The van der Waals surface area contributed by atoms with Crippen molar-refractivity contribution in [2.75, 3.05) is 0 Å². The summed E-state index contributed by atoms with van der Waals surface area (Å²) in [6.45, 7) is 0. The van der Waals surface area contributed by atoms with Crippen LogP contribution in [0, 0.1) is 11.3 Å². The third-order valence-corrected chi connectivity index (χ3v) is 2.87. The van der Waals surface area contributed by atoms with Crippen LogP contribution in [0.4, 0.5) is 13.2 Å². The second-order valence-electron chi connectivity index (χ2n) is 2.37. The lowest BCUT2D eigenvalue weighted by molar-refractivity contribution is -0.0232. The van der Waals surface area contributed by atoms with E-state index < -0.39 is 20.9 Å². The maximum Gasteiger partial charge on any atom is 0.369 e. The van der Waals surface area contributed by atoms with E-state index in [9.17, 15) is 13.2 Å². The van der Waals surface area contributed by atoms with Gasteiger partial charge >= 0.3 is 5.38 Å². The minimum Gasteiger partial charge on any atom is -0.218 e. The number of nitrogens with zero attached hydrogens (tertiary/aromatic N) is 1. The molecule has 0 N–H and O–H groups in total. The Labute approximate surface area is 97.3 Å². The lowest BCUT2D eigenvalue weighted by Crippen LogP contribution is -2.36. The Morgan fingerprint density at radius 3 is 2.15 bits per heavy atom. The van der Waals surface area contributed by atoms with Crippen LogP contribution in [0.2, 0.25) is 0 Å². The highest BCUT2D eigenvalue weighted by atomic mass is 127. The van der Waals surface area contributed by atoms with Gasteiger partial charge in [-0.15, -0.1) is 0 Å². The van der Waals surface area contributed by atoms with Crippen LogP contribution in [0.5, 0.6) is 0 Å². The second kappa shape index (κ2) is 4.89. The van der Waals surface area contributed by atoms with Gasteiger partial charge < -0.3 is 0 Å². The number of nitriles is 1. The van der Waals surface area contributed by atoms with E-state index in [1.54, 1.807) is 28.7 Å². The molecule has 0 aliphatic rings. The first kappa shape index (κ1) is 13.6. The maximum absolute atomic E-state index is 12.9.